The lowest BCUT2D eigenvalue weighted by Crippen LogP contribution is -2.29. The van der Waals surface area contributed by atoms with E-state index < -0.39 is 5.97 Å². The van der Waals surface area contributed by atoms with Crippen molar-refractivity contribution in [2.45, 2.75) is 0 Å². The molecule has 2 aromatic rings. The summed E-state index contributed by atoms with van der Waals surface area (Å²) in [6, 6.07) is 1.71. The fourth-order valence-electron chi connectivity index (χ4n) is 1.98. The largest absolute Gasteiger partial charge is 0.459 e. The number of carbonyl (C=O) groups excluding carboxylic acids is 2. The lowest BCUT2D eigenvalue weighted by molar-refractivity contribution is 0.0473. The Bertz CT molecular complexity index is 654. The number of aromatic amines is 1. The molecule has 1 aliphatic rings. The van der Waals surface area contributed by atoms with Crippen molar-refractivity contribution in [3.05, 3.63) is 24.3 Å². The number of fused-ring (bicyclic) bond motifs is 1. The summed E-state index contributed by atoms with van der Waals surface area (Å²) in [4.78, 5) is 35.5. The van der Waals surface area contributed by atoms with Crippen LogP contribution in [0.15, 0.2) is 18.6 Å². The van der Waals surface area contributed by atoms with E-state index in [1.54, 1.807) is 12.3 Å². The summed E-state index contributed by atoms with van der Waals surface area (Å²) in [5.74, 6) is -0.537. The Labute approximate surface area is 113 Å². The summed E-state index contributed by atoms with van der Waals surface area (Å²) >= 11 is 0. The van der Waals surface area contributed by atoms with E-state index in [-0.39, 0.29) is 18.4 Å². The summed E-state index contributed by atoms with van der Waals surface area (Å²) in [5, 5.41) is 0.609. The number of esters is 1. The minimum atomic E-state index is -0.537. The first-order chi connectivity index (χ1) is 9.75. The predicted octanol–water partition coefficient (Wildman–Crippen LogP) is 0.567. The molecule has 2 aromatic heterocycles. The van der Waals surface area contributed by atoms with Crippen LogP contribution in [0.5, 0.6) is 0 Å². The van der Waals surface area contributed by atoms with Crippen LogP contribution < -0.4 is 0 Å². The van der Waals surface area contributed by atoms with Gasteiger partial charge >= 0.3 is 12.1 Å². The number of hydrogen-bond acceptors (Lipinski definition) is 6. The minimum Gasteiger partial charge on any atom is -0.459 e. The molecule has 104 valence electrons. The molecular weight excluding hydrogens is 264 g/mol. The Morgan fingerprint density at radius 3 is 3.20 bits per heavy atom. The highest BCUT2D eigenvalue weighted by Crippen LogP contribution is 2.13. The molecular formula is C12H12N4O4. The van der Waals surface area contributed by atoms with E-state index in [1.807, 2.05) is 0 Å². The molecule has 3 rings (SSSR count). The monoisotopic (exact) mass is 276 g/mol. The molecule has 20 heavy (non-hydrogen) atoms. The molecule has 0 radical (unpaired) electrons. The zero-order valence-electron chi connectivity index (χ0n) is 10.5. The van der Waals surface area contributed by atoms with Gasteiger partial charge in [-0.15, -0.1) is 0 Å². The second-order valence-electron chi connectivity index (χ2n) is 4.20. The number of rotatable bonds is 4. The Kier molecular flexibility index (Phi) is 3.20. The third-order valence-electron chi connectivity index (χ3n) is 2.99. The van der Waals surface area contributed by atoms with Crippen molar-refractivity contribution in [2.24, 2.45) is 0 Å². The molecule has 0 aromatic carbocycles. The van der Waals surface area contributed by atoms with E-state index in [1.165, 1.54) is 11.2 Å². The summed E-state index contributed by atoms with van der Waals surface area (Å²) in [5.41, 5.74) is 0.787. The quantitative estimate of drug-likeness (QED) is 0.820. The maximum absolute atomic E-state index is 12.0. The molecule has 8 heteroatoms. The van der Waals surface area contributed by atoms with Gasteiger partial charge in [-0.05, 0) is 6.07 Å². The maximum atomic E-state index is 12.0. The van der Waals surface area contributed by atoms with Crippen molar-refractivity contribution in [2.75, 3.05) is 26.3 Å². The van der Waals surface area contributed by atoms with E-state index >= 15 is 0 Å². The van der Waals surface area contributed by atoms with Gasteiger partial charge in [-0.2, -0.15) is 0 Å². The fourth-order valence-corrected chi connectivity index (χ4v) is 1.98. The van der Waals surface area contributed by atoms with Crippen LogP contribution in [0, 0.1) is 0 Å². The van der Waals surface area contributed by atoms with Crippen LogP contribution in [-0.2, 0) is 9.47 Å². The highest BCUT2D eigenvalue weighted by Gasteiger charge is 2.22. The second-order valence-corrected chi connectivity index (χ2v) is 4.20. The average molecular weight is 276 g/mol. The van der Waals surface area contributed by atoms with Gasteiger partial charge in [0.1, 0.15) is 25.2 Å². The first-order valence-electron chi connectivity index (χ1n) is 6.12. The molecule has 0 bridgehead atoms. The fraction of sp³-hybridized carbons (Fsp3) is 0.333. The first kappa shape index (κ1) is 12.4. The van der Waals surface area contributed by atoms with Crippen LogP contribution in [0.4, 0.5) is 4.79 Å². The van der Waals surface area contributed by atoms with Crippen molar-refractivity contribution in [1.82, 2.24) is 19.9 Å². The van der Waals surface area contributed by atoms with Gasteiger partial charge in [-0.1, -0.05) is 0 Å². The van der Waals surface area contributed by atoms with Crippen LogP contribution in [-0.4, -0.2) is 58.2 Å². The van der Waals surface area contributed by atoms with E-state index in [9.17, 15) is 9.59 Å². The van der Waals surface area contributed by atoms with E-state index in [4.69, 9.17) is 9.47 Å². The molecule has 0 atom stereocenters. The van der Waals surface area contributed by atoms with E-state index in [0.29, 0.717) is 30.7 Å². The molecule has 1 fully saturated rings. The standard InChI is InChI=1S/C12H12N4O4/c17-11(19-5-3-16-4-6-20-12(16)18)9-8-1-2-13-10(8)15-7-14-9/h1-2,7H,3-6H2,(H,13,14,15). The number of H-pyrrole nitrogens is 1. The van der Waals surface area contributed by atoms with E-state index in [2.05, 4.69) is 15.0 Å². The number of hydrogen-bond donors (Lipinski definition) is 1. The maximum Gasteiger partial charge on any atom is 0.410 e. The van der Waals surface area contributed by atoms with Gasteiger partial charge in [0.25, 0.3) is 0 Å². The van der Waals surface area contributed by atoms with Gasteiger partial charge < -0.3 is 19.4 Å². The SMILES string of the molecule is O=C(OCCN1CCOC1=O)c1ncnc2[nH]ccc12. The third kappa shape index (κ3) is 2.27. The van der Waals surface area contributed by atoms with Crippen molar-refractivity contribution in [1.29, 1.82) is 0 Å². The van der Waals surface area contributed by atoms with Gasteiger partial charge in [-0.25, -0.2) is 19.6 Å². The van der Waals surface area contributed by atoms with Gasteiger partial charge in [0.05, 0.1) is 18.5 Å². The molecule has 3 heterocycles. The van der Waals surface area contributed by atoms with E-state index in [0.717, 1.165) is 0 Å². The van der Waals surface area contributed by atoms with Crippen LogP contribution >= 0.6 is 0 Å². The topological polar surface area (TPSA) is 97.4 Å². The second kappa shape index (κ2) is 5.16. The third-order valence-corrected chi connectivity index (χ3v) is 2.99. The number of amides is 1. The van der Waals surface area contributed by atoms with Crippen LogP contribution in [0.1, 0.15) is 10.5 Å². The molecule has 1 N–H and O–H groups in total. The normalized spacial score (nSPS) is 14.6. The zero-order chi connectivity index (χ0) is 13.9. The molecule has 1 amide bonds. The highest BCUT2D eigenvalue weighted by atomic mass is 16.6. The molecule has 0 unspecified atom stereocenters. The smallest absolute Gasteiger partial charge is 0.410 e. The molecule has 0 saturated carbocycles. The average Bonchev–Trinajstić information content (AvgIpc) is 3.07. The van der Waals surface area contributed by atoms with Gasteiger partial charge in [0, 0.05) is 6.20 Å². The van der Waals surface area contributed by atoms with Crippen LogP contribution in [0.3, 0.4) is 0 Å². The number of nitrogens with one attached hydrogen (secondary N) is 1. The van der Waals surface area contributed by atoms with Crippen molar-refractivity contribution < 1.29 is 19.1 Å². The molecule has 0 spiro atoms. The summed E-state index contributed by atoms with van der Waals surface area (Å²) < 4.78 is 9.90. The number of carbonyl (C=O) groups is 2. The molecule has 0 aliphatic carbocycles. The Hall–Kier alpha value is -2.64. The number of aromatic nitrogens is 3. The summed E-state index contributed by atoms with van der Waals surface area (Å²) in [6.45, 7) is 1.31. The summed E-state index contributed by atoms with van der Waals surface area (Å²) in [7, 11) is 0. The van der Waals surface area contributed by atoms with Crippen molar-refractivity contribution in [3.63, 3.8) is 0 Å². The lowest BCUT2D eigenvalue weighted by Gasteiger charge is -2.12. The summed E-state index contributed by atoms with van der Waals surface area (Å²) in [6.07, 6.45) is 2.60. The van der Waals surface area contributed by atoms with Crippen molar-refractivity contribution in [3.8, 4) is 0 Å². The number of cyclic esters (lactones) is 1. The minimum absolute atomic E-state index is 0.101. The van der Waals surface area contributed by atoms with Crippen LogP contribution in [0.25, 0.3) is 11.0 Å². The molecule has 1 saturated heterocycles. The molecule has 1 aliphatic heterocycles. The van der Waals surface area contributed by atoms with Gasteiger partial charge in [0.2, 0.25) is 0 Å². The van der Waals surface area contributed by atoms with Crippen molar-refractivity contribution >= 4 is 23.1 Å². The number of ether oxygens (including phenoxy) is 2. The lowest BCUT2D eigenvalue weighted by atomic mass is 10.3. The predicted molar refractivity (Wildman–Crippen MR) is 67.1 cm³/mol. The van der Waals surface area contributed by atoms with Gasteiger partial charge in [0.15, 0.2) is 5.69 Å². The van der Waals surface area contributed by atoms with Crippen LogP contribution in [0.2, 0.25) is 0 Å². The highest BCUT2D eigenvalue weighted by molar-refractivity contribution is 6.00. The first-order valence-corrected chi connectivity index (χ1v) is 6.12. The Morgan fingerprint density at radius 1 is 1.50 bits per heavy atom. The number of nitrogens with zero attached hydrogens (tertiary/aromatic N) is 3. The zero-order valence-corrected chi connectivity index (χ0v) is 10.5. The Morgan fingerprint density at radius 2 is 2.40 bits per heavy atom. The molecule has 8 nitrogen and oxygen atoms in total. The Balaban J connectivity index is 1.62. The van der Waals surface area contributed by atoms with Gasteiger partial charge in [-0.3, -0.25) is 0 Å².